The van der Waals surface area contributed by atoms with Crippen molar-refractivity contribution in [1.82, 2.24) is 10.2 Å². The maximum absolute atomic E-state index is 11.0. The lowest BCUT2D eigenvalue weighted by atomic mass is 10.0. The summed E-state index contributed by atoms with van der Waals surface area (Å²) in [5, 5.41) is 21.7. The fourth-order valence-electron chi connectivity index (χ4n) is 3.13. The standard InChI is InChI=1S/C20H27N5O3S/c1-29(26,27)28-13-5-10-23-20(18(14-21)15-22)24-19-8-11-25(12-9-19)16-17-6-3-2-4-7-17/h2-4,6-7,18-19H,5,8-13,16H2,1H3,(H,23,24). The van der Waals surface area contributed by atoms with E-state index in [2.05, 4.69) is 31.5 Å². The van der Waals surface area contributed by atoms with Gasteiger partial charge in [0.2, 0.25) is 0 Å². The number of likely N-dealkylation sites (tertiary alicyclic amines) is 1. The maximum atomic E-state index is 11.0. The van der Waals surface area contributed by atoms with Gasteiger partial charge in [-0.15, -0.1) is 0 Å². The van der Waals surface area contributed by atoms with Gasteiger partial charge in [-0.2, -0.15) is 18.9 Å². The molecule has 8 nitrogen and oxygen atoms in total. The second-order valence-corrected chi connectivity index (χ2v) is 8.66. The molecule has 29 heavy (non-hydrogen) atoms. The summed E-state index contributed by atoms with van der Waals surface area (Å²) in [7, 11) is -3.47. The SMILES string of the molecule is CS(=O)(=O)OCCCN=C(NC1CCN(Cc2ccccc2)CC1)C(C#N)C#N. The second-order valence-electron chi connectivity index (χ2n) is 7.02. The van der Waals surface area contributed by atoms with Gasteiger partial charge < -0.3 is 5.32 Å². The van der Waals surface area contributed by atoms with Crippen molar-refractivity contribution in [2.75, 3.05) is 32.5 Å². The van der Waals surface area contributed by atoms with Crippen molar-refractivity contribution < 1.29 is 12.6 Å². The van der Waals surface area contributed by atoms with Crippen molar-refractivity contribution in [2.45, 2.75) is 31.8 Å². The molecule has 1 heterocycles. The second kappa shape index (κ2) is 11.5. The molecule has 0 spiro atoms. The summed E-state index contributed by atoms with van der Waals surface area (Å²) in [5.41, 5.74) is 1.28. The summed E-state index contributed by atoms with van der Waals surface area (Å²) in [5.74, 6) is -0.607. The van der Waals surface area contributed by atoms with E-state index in [1.807, 2.05) is 30.3 Å². The van der Waals surface area contributed by atoms with Gasteiger partial charge in [-0.3, -0.25) is 14.1 Å². The van der Waals surface area contributed by atoms with Crippen molar-refractivity contribution in [3.8, 4) is 12.1 Å². The van der Waals surface area contributed by atoms with E-state index in [-0.39, 0.29) is 19.2 Å². The molecule has 0 unspecified atom stereocenters. The number of benzene rings is 1. The van der Waals surface area contributed by atoms with Crippen molar-refractivity contribution in [3.05, 3.63) is 35.9 Å². The monoisotopic (exact) mass is 417 g/mol. The highest BCUT2D eigenvalue weighted by molar-refractivity contribution is 7.85. The van der Waals surface area contributed by atoms with Crippen LogP contribution in [0.25, 0.3) is 0 Å². The number of amidine groups is 1. The average molecular weight is 418 g/mol. The van der Waals surface area contributed by atoms with Crippen LogP contribution in [0.3, 0.4) is 0 Å². The van der Waals surface area contributed by atoms with Crippen LogP contribution in [0.4, 0.5) is 0 Å². The van der Waals surface area contributed by atoms with Crippen molar-refractivity contribution in [1.29, 1.82) is 10.5 Å². The van der Waals surface area contributed by atoms with Crippen LogP contribution in [0.5, 0.6) is 0 Å². The summed E-state index contributed by atoms with van der Waals surface area (Å²) >= 11 is 0. The van der Waals surface area contributed by atoms with Gasteiger partial charge in [0.05, 0.1) is 25.0 Å². The number of aliphatic imine (C=N–C) groups is 1. The van der Waals surface area contributed by atoms with Gasteiger partial charge in [-0.25, -0.2) is 0 Å². The van der Waals surface area contributed by atoms with E-state index in [0.29, 0.717) is 12.3 Å². The first-order valence-corrected chi connectivity index (χ1v) is 11.4. The van der Waals surface area contributed by atoms with Gasteiger partial charge in [0, 0.05) is 32.2 Å². The Morgan fingerprint density at radius 1 is 1.28 bits per heavy atom. The lowest BCUT2D eigenvalue weighted by molar-refractivity contribution is 0.198. The molecule has 0 saturated carbocycles. The number of piperidine rings is 1. The minimum absolute atomic E-state index is 0.0251. The fourth-order valence-corrected chi connectivity index (χ4v) is 3.55. The van der Waals surface area contributed by atoms with Crippen LogP contribution in [0, 0.1) is 28.6 Å². The van der Waals surface area contributed by atoms with Gasteiger partial charge in [-0.1, -0.05) is 30.3 Å². The van der Waals surface area contributed by atoms with Crippen LogP contribution in [0.2, 0.25) is 0 Å². The Bertz CT molecular complexity index is 836. The number of hydrogen-bond donors (Lipinski definition) is 1. The first-order chi connectivity index (χ1) is 13.9. The highest BCUT2D eigenvalue weighted by Crippen LogP contribution is 2.14. The molecule has 1 saturated heterocycles. The lowest BCUT2D eigenvalue weighted by Gasteiger charge is -2.33. The smallest absolute Gasteiger partial charge is 0.264 e. The first kappa shape index (κ1) is 22.8. The molecule has 1 fully saturated rings. The van der Waals surface area contributed by atoms with Crippen LogP contribution in [0.1, 0.15) is 24.8 Å². The third kappa shape index (κ3) is 8.61. The molecule has 0 radical (unpaired) electrons. The van der Waals surface area contributed by atoms with E-state index < -0.39 is 16.0 Å². The number of nitriles is 2. The van der Waals surface area contributed by atoms with Gasteiger partial charge in [-0.05, 0) is 24.8 Å². The Morgan fingerprint density at radius 2 is 1.93 bits per heavy atom. The Labute approximate surface area is 172 Å². The normalized spacial score (nSPS) is 16.3. The molecule has 0 atom stereocenters. The van der Waals surface area contributed by atoms with Crippen LogP contribution in [-0.2, 0) is 20.8 Å². The molecule has 0 aliphatic carbocycles. The molecule has 0 aromatic heterocycles. The minimum Gasteiger partial charge on any atom is -0.369 e. The Kier molecular flexibility index (Phi) is 9.07. The van der Waals surface area contributed by atoms with E-state index in [0.717, 1.165) is 38.7 Å². The molecule has 1 aromatic carbocycles. The molecule has 1 aromatic rings. The van der Waals surface area contributed by atoms with Gasteiger partial charge in [0.1, 0.15) is 5.84 Å². The number of hydrogen-bond acceptors (Lipinski definition) is 7. The van der Waals surface area contributed by atoms with Gasteiger partial charge in [0.15, 0.2) is 5.92 Å². The zero-order valence-electron chi connectivity index (χ0n) is 16.6. The lowest BCUT2D eigenvalue weighted by Crippen LogP contribution is -2.46. The first-order valence-electron chi connectivity index (χ1n) is 9.62. The summed E-state index contributed by atoms with van der Waals surface area (Å²) in [6.45, 7) is 3.06. The van der Waals surface area contributed by atoms with Crippen molar-refractivity contribution >= 4 is 16.0 Å². The van der Waals surface area contributed by atoms with E-state index >= 15 is 0 Å². The Morgan fingerprint density at radius 3 is 2.52 bits per heavy atom. The summed E-state index contributed by atoms with van der Waals surface area (Å²) in [6, 6.07) is 14.4. The minimum atomic E-state index is -3.47. The third-order valence-corrected chi connectivity index (χ3v) is 5.20. The highest BCUT2D eigenvalue weighted by atomic mass is 32.2. The molecular formula is C20H27N5O3S. The zero-order valence-corrected chi connectivity index (χ0v) is 17.4. The topological polar surface area (TPSA) is 119 Å². The van der Waals surface area contributed by atoms with Gasteiger partial charge in [0.25, 0.3) is 10.1 Å². The predicted octanol–water partition coefficient (Wildman–Crippen LogP) is 1.67. The van der Waals surface area contributed by atoms with Crippen LogP contribution >= 0.6 is 0 Å². The van der Waals surface area contributed by atoms with E-state index in [1.165, 1.54) is 5.56 Å². The third-order valence-electron chi connectivity index (χ3n) is 4.60. The largest absolute Gasteiger partial charge is 0.369 e. The highest BCUT2D eigenvalue weighted by Gasteiger charge is 2.23. The summed E-state index contributed by atoms with van der Waals surface area (Å²) in [4.78, 5) is 6.73. The van der Waals surface area contributed by atoms with E-state index in [9.17, 15) is 18.9 Å². The zero-order chi connectivity index (χ0) is 21.1. The maximum Gasteiger partial charge on any atom is 0.264 e. The average Bonchev–Trinajstić information content (AvgIpc) is 2.70. The molecule has 2 rings (SSSR count). The number of nitrogens with zero attached hydrogens (tertiary/aromatic N) is 4. The quantitative estimate of drug-likeness (QED) is 0.281. The molecular weight excluding hydrogens is 390 g/mol. The molecule has 0 bridgehead atoms. The van der Waals surface area contributed by atoms with Crippen molar-refractivity contribution in [3.63, 3.8) is 0 Å². The molecule has 9 heteroatoms. The van der Waals surface area contributed by atoms with Crippen LogP contribution in [0.15, 0.2) is 35.3 Å². The van der Waals surface area contributed by atoms with Crippen LogP contribution < -0.4 is 5.32 Å². The van der Waals surface area contributed by atoms with E-state index in [1.54, 1.807) is 0 Å². The molecule has 1 aliphatic rings. The molecule has 0 amide bonds. The predicted molar refractivity (Wildman–Crippen MR) is 110 cm³/mol. The molecule has 1 aliphatic heterocycles. The Balaban J connectivity index is 1.85. The van der Waals surface area contributed by atoms with Crippen molar-refractivity contribution in [2.24, 2.45) is 10.9 Å². The van der Waals surface area contributed by atoms with E-state index in [4.69, 9.17) is 0 Å². The summed E-state index contributed by atoms with van der Waals surface area (Å²) in [6.07, 6.45) is 3.17. The fraction of sp³-hybridized carbons (Fsp3) is 0.550. The van der Waals surface area contributed by atoms with Crippen LogP contribution in [-0.4, -0.2) is 57.7 Å². The summed E-state index contributed by atoms with van der Waals surface area (Å²) < 4.78 is 26.6. The molecule has 1 N–H and O–H groups in total. The number of rotatable bonds is 9. The Hall–Kier alpha value is -2.46. The molecule has 156 valence electrons. The van der Waals surface area contributed by atoms with Gasteiger partial charge >= 0.3 is 0 Å². The number of nitrogens with one attached hydrogen (secondary N) is 1.